The number of aryl methyl sites for hydroxylation is 1. The molecule has 0 saturated carbocycles. The number of nitrogens with one attached hydrogen (secondary N) is 1. The van der Waals surface area contributed by atoms with Crippen molar-refractivity contribution in [2.45, 2.75) is 32.9 Å². The summed E-state index contributed by atoms with van der Waals surface area (Å²) in [5.41, 5.74) is 5.84. The smallest absolute Gasteiger partial charge is 0.326 e. The Kier molecular flexibility index (Phi) is 7.23. The van der Waals surface area contributed by atoms with Crippen molar-refractivity contribution < 1.29 is 19.4 Å². The summed E-state index contributed by atoms with van der Waals surface area (Å²) >= 11 is 0. The summed E-state index contributed by atoms with van der Waals surface area (Å²) < 4.78 is 13.3. The number of aliphatic hydroxyl groups is 1. The van der Waals surface area contributed by atoms with E-state index in [0.717, 1.165) is 38.9 Å². The van der Waals surface area contributed by atoms with Crippen molar-refractivity contribution in [2.75, 3.05) is 6.61 Å². The minimum atomic E-state index is -1.39. The first kappa shape index (κ1) is 23.4. The first-order valence-corrected chi connectivity index (χ1v) is 10.5. The zero-order chi connectivity index (χ0) is 23.3. The second kappa shape index (κ2) is 9.90. The van der Waals surface area contributed by atoms with Gasteiger partial charge in [0.15, 0.2) is 0 Å². The van der Waals surface area contributed by atoms with Crippen molar-refractivity contribution >= 4 is 18.1 Å². The van der Waals surface area contributed by atoms with Gasteiger partial charge in [0.1, 0.15) is 11.4 Å². The molecule has 0 bridgehead atoms. The number of benzene rings is 3. The predicted octanol–water partition coefficient (Wildman–Crippen LogP) is 5.21. The van der Waals surface area contributed by atoms with Gasteiger partial charge in [0, 0.05) is 6.54 Å². The summed E-state index contributed by atoms with van der Waals surface area (Å²) in [5.74, 6) is -1.35. The Labute approximate surface area is 188 Å². The maximum Gasteiger partial charge on any atom is 0.326 e. The molecule has 3 aromatic carbocycles. The molecule has 0 radical (unpaired) electrons. The molecular formula is C27H28FNO3. The number of carboxylic acid groups (broad SMARTS) is 1. The lowest BCUT2D eigenvalue weighted by atomic mass is 9.95. The number of aliphatic carboxylic acids is 1. The Hall–Kier alpha value is -3.28. The molecule has 1 unspecified atom stereocenters. The number of hydrogen-bond donors (Lipinski definition) is 3. The normalized spacial score (nSPS) is 13.3. The summed E-state index contributed by atoms with van der Waals surface area (Å²) in [4.78, 5) is 11.4. The Bertz CT molecular complexity index is 1140. The first-order valence-electron chi connectivity index (χ1n) is 10.5. The van der Waals surface area contributed by atoms with E-state index >= 15 is 0 Å². The van der Waals surface area contributed by atoms with Crippen LogP contribution in [0.2, 0.25) is 0 Å². The summed E-state index contributed by atoms with van der Waals surface area (Å²) in [6.45, 7) is 5.36. The highest BCUT2D eigenvalue weighted by Crippen LogP contribution is 2.27. The molecule has 4 nitrogen and oxygen atoms in total. The van der Waals surface area contributed by atoms with Gasteiger partial charge in [-0.2, -0.15) is 0 Å². The SMILES string of the molecule is Cc1ccc(CNC(C)(CO)C(=O)O)cc1/C=C/c1cccc(-c2ccc(F)cc2)c1C. The van der Waals surface area contributed by atoms with Crippen molar-refractivity contribution in [3.05, 3.63) is 94.3 Å². The largest absolute Gasteiger partial charge is 0.480 e. The number of hydrogen-bond acceptors (Lipinski definition) is 3. The molecule has 0 aliphatic carbocycles. The standard InChI is InChI=1S/C27H28FNO3/c1-18-7-8-20(16-29-27(3,17-30)26(31)32)15-23(18)10-9-21-5-4-6-25(19(21)2)22-11-13-24(28)14-12-22/h4-15,29-30H,16-17H2,1-3H3,(H,31,32)/b10-9+. The van der Waals surface area contributed by atoms with Crippen LogP contribution in [-0.4, -0.2) is 28.3 Å². The lowest BCUT2D eigenvalue weighted by molar-refractivity contribution is -0.145. The van der Waals surface area contributed by atoms with Crippen LogP contribution in [0.1, 0.15) is 34.7 Å². The number of aliphatic hydroxyl groups excluding tert-OH is 1. The van der Waals surface area contributed by atoms with Gasteiger partial charge in [-0.3, -0.25) is 10.1 Å². The topological polar surface area (TPSA) is 69.6 Å². The molecular weight excluding hydrogens is 405 g/mol. The van der Waals surface area contributed by atoms with Gasteiger partial charge in [-0.15, -0.1) is 0 Å². The van der Waals surface area contributed by atoms with Crippen LogP contribution in [0.4, 0.5) is 4.39 Å². The minimum absolute atomic E-state index is 0.255. The fourth-order valence-corrected chi connectivity index (χ4v) is 3.43. The lowest BCUT2D eigenvalue weighted by Crippen LogP contribution is -2.52. The second-order valence-corrected chi connectivity index (χ2v) is 8.20. The van der Waals surface area contributed by atoms with Crippen LogP contribution in [0.25, 0.3) is 23.3 Å². The Morgan fingerprint density at radius 3 is 2.38 bits per heavy atom. The molecule has 0 spiro atoms. The molecule has 3 N–H and O–H groups in total. The van der Waals surface area contributed by atoms with Crippen molar-refractivity contribution in [3.63, 3.8) is 0 Å². The third-order valence-electron chi connectivity index (χ3n) is 5.79. The van der Waals surface area contributed by atoms with Gasteiger partial charge in [0.25, 0.3) is 0 Å². The van der Waals surface area contributed by atoms with E-state index < -0.39 is 18.1 Å². The summed E-state index contributed by atoms with van der Waals surface area (Å²) in [7, 11) is 0. The molecule has 1 atom stereocenters. The molecule has 0 fully saturated rings. The van der Waals surface area contributed by atoms with Gasteiger partial charge in [-0.05, 0) is 71.8 Å². The third-order valence-corrected chi connectivity index (χ3v) is 5.79. The fraction of sp³-hybridized carbons (Fsp3) is 0.222. The Morgan fingerprint density at radius 2 is 1.72 bits per heavy atom. The van der Waals surface area contributed by atoms with E-state index in [1.54, 1.807) is 12.1 Å². The maximum atomic E-state index is 13.3. The number of carboxylic acids is 1. The molecule has 0 aliphatic heterocycles. The molecule has 32 heavy (non-hydrogen) atoms. The van der Waals surface area contributed by atoms with E-state index in [1.807, 2.05) is 56.3 Å². The quantitative estimate of drug-likeness (QED) is 0.427. The van der Waals surface area contributed by atoms with E-state index in [1.165, 1.54) is 19.1 Å². The fourth-order valence-electron chi connectivity index (χ4n) is 3.43. The van der Waals surface area contributed by atoms with Crippen LogP contribution in [-0.2, 0) is 11.3 Å². The molecule has 3 aromatic rings. The van der Waals surface area contributed by atoms with Crippen LogP contribution < -0.4 is 5.32 Å². The van der Waals surface area contributed by atoms with Crippen molar-refractivity contribution in [1.82, 2.24) is 5.32 Å². The minimum Gasteiger partial charge on any atom is -0.480 e. The van der Waals surface area contributed by atoms with Crippen LogP contribution in [0, 0.1) is 19.7 Å². The average Bonchev–Trinajstić information content (AvgIpc) is 2.78. The lowest BCUT2D eigenvalue weighted by Gasteiger charge is -2.24. The Morgan fingerprint density at radius 1 is 1.03 bits per heavy atom. The van der Waals surface area contributed by atoms with Crippen molar-refractivity contribution in [2.24, 2.45) is 0 Å². The van der Waals surface area contributed by atoms with E-state index in [-0.39, 0.29) is 5.82 Å². The highest BCUT2D eigenvalue weighted by molar-refractivity contribution is 5.79. The van der Waals surface area contributed by atoms with Gasteiger partial charge in [-0.1, -0.05) is 60.7 Å². The van der Waals surface area contributed by atoms with Crippen LogP contribution in [0.3, 0.4) is 0 Å². The number of carbonyl (C=O) groups is 1. The molecule has 0 aliphatic rings. The summed E-state index contributed by atoms with van der Waals surface area (Å²) in [6.07, 6.45) is 4.09. The molecule has 0 heterocycles. The van der Waals surface area contributed by atoms with Gasteiger partial charge in [-0.25, -0.2) is 4.39 Å². The van der Waals surface area contributed by atoms with Gasteiger partial charge in [0.2, 0.25) is 0 Å². The first-order chi connectivity index (χ1) is 15.2. The molecule has 0 aromatic heterocycles. The van der Waals surface area contributed by atoms with Crippen molar-refractivity contribution in [1.29, 1.82) is 0 Å². The van der Waals surface area contributed by atoms with Crippen LogP contribution >= 0.6 is 0 Å². The van der Waals surface area contributed by atoms with Gasteiger partial charge < -0.3 is 10.2 Å². The van der Waals surface area contributed by atoms with Crippen LogP contribution in [0.15, 0.2) is 60.7 Å². The van der Waals surface area contributed by atoms with Gasteiger partial charge >= 0.3 is 5.97 Å². The average molecular weight is 434 g/mol. The molecule has 0 amide bonds. The zero-order valence-electron chi connectivity index (χ0n) is 18.5. The number of rotatable bonds is 8. The second-order valence-electron chi connectivity index (χ2n) is 8.20. The molecule has 166 valence electrons. The number of halogens is 1. The highest BCUT2D eigenvalue weighted by Gasteiger charge is 2.31. The van der Waals surface area contributed by atoms with E-state index in [9.17, 15) is 19.4 Å². The highest BCUT2D eigenvalue weighted by atomic mass is 19.1. The van der Waals surface area contributed by atoms with E-state index in [0.29, 0.717) is 6.54 Å². The van der Waals surface area contributed by atoms with E-state index in [4.69, 9.17) is 0 Å². The predicted molar refractivity (Wildman–Crippen MR) is 127 cm³/mol. The van der Waals surface area contributed by atoms with Gasteiger partial charge in [0.05, 0.1) is 6.61 Å². The van der Waals surface area contributed by atoms with Crippen molar-refractivity contribution in [3.8, 4) is 11.1 Å². The van der Waals surface area contributed by atoms with Crippen LogP contribution in [0.5, 0.6) is 0 Å². The monoisotopic (exact) mass is 433 g/mol. The maximum absolute atomic E-state index is 13.3. The third kappa shape index (κ3) is 5.31. The Balaban J connectivity index is 1.84. The zero-order valence-corrected chi connectivity index (χ0v) is 18.5. The molecule has 5 heteroatoms. The molecule has 3 rings (SSSR count). The summed E-state index contributed by atoms with van der Waals surface area (Å²) in [5, 5.41) is 21.6. The van der Waals surface area contributed by atoms with E-state index in [2.05, 4.69) is 11.4 Å². The summed E-state index contributed by atoms with van der Waals surface area (Å²) in [6, 6.07) is 18.5. The molecule has 0 saturated heterocycles.